The first-order valence-corrected chi connectivity index (χ1v) is 5.54. The molecule has 82 valence electrons. The number of aromatic nitrogens is 2. The highest BCUT2D eigenvalue weighted by atomic mass is 79.9. The summed E-state index contributed by atoms with van der Waals surface area (Å²) < 4.78 is 5.87. The average Bonchev–Trinajstić information content (AvgIpc) is 2.17. The minimum atomic E-state index is -0.868. The van der Waals surface area contributed by atoms with Gasteiger partial charge in [-0.05, 0) is 29.8 Å². The standard InChI is InChI=1S/C9H10BrClN2O2/c1-9(2,15-7(14)3-11)8-12-4-6(10)5-13-8/h4-5H,3H2,1-2H3. The van der Waals surface area contributed by atoms with E-state index in [1.165, 1.54) is 0 Å². The van der Waals surface area contributed by atoms with E-state index in [0.29, 0.717) is 5.82 Å². The van der Waals surface area contributed by atoms with Crippen molar-refractivity contribution in [3.8, 4) is 0 Å². The van der Waals surface area contributed by atoms with Crippen LogP contribution in [0.1, 0.15) is 19.7 Å². The van der Waals surface area contributed by atoms with Crippen molar-refractivity contribution in [1.29, 1.82) is 0 Å². The van der Waals surface area contributed by atoms with Crippen LogP contribution in [0.25, 0.3) is 0 Å². The summed E-state index contributed by atoms with van der Waals surface area (Å²) in [4.78, 5) is 19.2. The second-order valence-corrected chi connectivity index (χ2v) is 4.53. The number of rotatable bonds is 3. The van der Waals surface area contributed by atoms with E-state index in [2.05, 4.69) is 25.9 Å². The lowest BCUT2D eigenvalue weighted by Gasteiger charge is -2.22. The van der Waals surface area contributed by atoms with Gasteiger partial charge in [0.05, 0.1) is 4.47 Å². The van der Waals surface area contributed by atoms with Gasteiger partial charge in [0.1, 0.15) is 5.88 Å². The summed E-state index contributed by atoms with van der Waals surface area (Å²) in [6, 6.07) is 0. The van der Waals surface area contributed by atoms with Gasteiger partial charge in [-0.25, -0.2) is 9.97 Å². The van der Waals surface area contributed by atoms with E-state index in [0.717, 1.165) is 4.47 Å². The predicted octanol–water partition coefficient (Wildman–Crippen LogP) is 2.26. The molecule has 0 fully saturated rings. The third-order valence-corrected chi connectivity index (χ3v) is 2.26. The molecule has 4 nitrogen and oxygen atoms in total. The molecular formula is C9H10BrClN2O2. The number of hydrogen-bond donors (Lipinski definition) is 0. The Bertz CT molecular complexity index is 354. The normalized spacial score (nSPS) is 11.2. The quantitative estimate of drug-likeness (QED) is 0.633. The second-order valence-electron chi connectivity index (χ2n) is 3.34. The second kappa shape index (κ2) is 4.90. The van der Waals surface area contributed by atoms with Crippen LogP contribution in [-0.2, 0) is 15.1 Å². The van der Waals surface area contributed by atoms with Crippen LogP contribution in [0.3, 0.4) is 0 Å². The van der Waals surface area contributed by atoms with E-state index in [-0.39, 0.29) is 5.88 Å². The van der Waals surface area contributed by atoms with Crippen LogP contribution in [0.2, 0.25) is 0 Å². The van der Waals surface area contributed by atoms with Crippen molar-refractivity contribution in [2.75, 3.05) is 5.88 Å². The van der Waals surface area contributed by atoms with Gasteiger partial charge in [0.2, 0.25) is 0 Å². The molecule has 0 amide bonds. The molecule has 0 spiro atoms. The molecule has 0 N–H and O–H groups in total. The van der Waals surface area contributed by atoms with Crippen molar-refractivity contribution in [3.05, 3.63) is 22.7 Å². The van der Waals surface area contributed by atoms with Gasteiger partial charge in [-0.3, -0.25) is 4.79 Å². The topological polar surface area (TPSA) is 52.1 Å². The van der Waals surface area contributed by atoms with Gasteiger partial charge in [0.25, 0.3) is 0 Å². The first kappa shape index (κ1) is 12.4. The van der Waals surface area contributed by atoms with Crippen molar-refractivity contribution < 1.29 is 9.53 Å². The van der Waals surface area contributed by atoms with Crippen molar-refractivity contribution >= 4 is 33.5 Å². The van der Waals surface area contributed by atoms with Crippen LogP contribution in [0.5, 0.6) is 0 Å². The molecule has 0 atom stereocenters. The summed E-state index contributed by atoms with van der Waals surface area (Å²) in [7, 11) is 0. The fourth-order valence-electron chi connectivity index (χ4n) is 0.981. The highest BCUT2D eigenvalue weighted by Gasteiger charge is 2.27. The Balaban J connectivity index is 2.85. The minimum absolute atomic E-state index is 0.181. The van der Waals surface area contributed by atoms with Gasteiger partial charge in [0, 0.05) is 12.4 Å². The van der Waals surface area contributed by atoms with E-state index in [1.54, 1.807) is 26.2 Å². The number of ether oxygens (including phenoxy) is 1. The van der Waals surface area contributed by atoms with Gasteiger partial charge >= 0.3 is 5.97 Å². The summed E-state index contributed by atoms with van der Waals surface area (Å²) in [5, 5.41) is 0. The monoisotopic (exact) mass is 292 g/mol. The van der Waals surface area contributed by atoms with E-state index in [1.807, 2.05) is 0 Å². The summed E-state index contributed by atoms with van der Waals surface area (Å²) >= 11 is 8.57. The average molecular weight is 294 g/mol. The summed E-state index contributed by atoms with van der Waals surface area (Å²) in [6.07, 6.45) is 3.19. The molecule has 0 unspecified atom stereocenters. The van der Waals surface area contributed by atoms with Crippen LogP contribution in [-0.4, -0.2) is 21.8 Å². The summed E-state index contributed by atoms with van der Waals surface area (Å²) in [5.41, 5.74) is -0.868. The lowest BCUT2D eigenvalue weighted by atomic mass is 10.1. The maximum atomic E-state index is 11.0. The molecule has 0 aliphatic heterocycles. The Morgan fingerprint density at radius 3 is 2.53 bits per heavy atom. The van der Waals surface area contributed by atoms with E-state index in [4.69, 9.17) is 16.3 Å². The first-order chi connectivity index (χ1) is 6.95. The van der Waals surface area contributed by atoms with Crippen molar-refractivity contribution in [2.24, 2.45) is 0 Å². The van der Waals surface area contributed by atoms with Gasteiger partial charge < -0.3 is 4.74 Å². The lowest BCUT2D eigenvalue weighted by Crippen LogP contribution is -2.28. The van der Waals surface area contributed by atoms with E-state index >= 15 is 0 Å². The molecule has 1 aromatic rings. The molecule has 0 aliphatic rings. The van der Waals surface area contributed by atoms with E-state index in [9.17, 15) is 4.79 Å². The third-order valence-electron chi connectivity index (χ3n) is 1.64. The molecule has 0 radical (unpaired) electrons. The number of nitrogens with zero attached hydrogens (tertiary/aromatic N) is 2. The number of esters is 1. The first-order valence-electron chi connectivity index (χ1n) is 4.21. The Kier molecular flexibility index (Phi) is 4.04. The van der Waals surface area contributed by atoms with Gasteiger partial charge in [0.15, 0.2) is 11.4 Å². The molecule has 15 heavy (non-hydrogen) atoms. The highest BCUT2D eigenvalue weighted by Crippen LogP contribution is 2.21. The number of halogens is 2. The molecule has 1 rings (SSSR count). The van der Waals surface area contributed by atoms with Crippen molar-refractivity contribution in [2.45, 2.75) is 19.4 Å². The highest BCUT2D eigenvalue weighted by molar-refractivity contribution is 9.10. The number of alkyl halides is 1. The summed E-state index contributed by atoms with van der Waals surface area (Å²) in [5.74, 6) is -0.239. The van der Waals surface area contributed by atoms with Crippen molar-refractivity contribution in [3.63, 3.8) is 0 Å². The third kappa shape index (κ3) is 3.43. The smallest absolute Gasteiger partial charge is 0.321 e. The Hall–Kier alpha value is -0.680. The molecule has 0 bridgehead atoms. The van der Waals surface area contributed by atoms with Gasteiger partial charge in [-0.2, -0.15) is 0 Å². The molecule has 0 saturated carbocycles. The molecular weight excluding hydrogens is 283 g/mol. The molecule has 6 heteroatoms. The zero-order valence-electron chi connectivity index (χ0n) is 8.33. The zero-order chi connectivity index (χ0) is 11.5. The van der Waals surface area contributed by atoms with Gasteiger partial charge in [-0.15, -0.1) is 11.6 Å². The van der Waals surface area contributed by atoms with Crippen molar-refractivity contribution in [1.82, 2.24) is 9.97 Å². The van der Waals surface area contributed by atoms with Crippen LogP contribution < -0.4 is 0 Å². The number of carbonyl (C=O) groups is 1. The van der Waals surface area contributed by atoms with E-state index < -0.39 is 11.6 Å². The largest absolute Gasteiger partial charge is 0.451 e. The molecule has 0 aliphatic carbocycles. The maximum Gasteiger partial charge on any atom is 0.321 e. The molecule has 0 aromatic carbocycles. The van der Waals surface area contributed by atoms with Crippen LogP contribution in [0.4, 0.5) is 0 Å². The fourth-order valence-corrected chi connectivity index (χ4v) is 1.24. The molecule has 1 aromatic heterocycles. The maximum absolute atomic E-state index is 11.0. The van der Waals surface area contributed by atoms with Crippen LogP contribution in [0, 0.1) is 0 Å². The lowest BCUT2D eigenvalue weighted by molar-refractivity contribution is -0.154. The van der Waals surface area contributed by atoms with Crippen LogP contribution in [0.15, 0.2) is 16.9 Å². The molecule has 1 heterocycles. The predicted molar refractivity (Wildman–Crippen MR) is 59.6 cm³/mol. The Morgan fingerprint density at radius 2 is 2.07 bits per heavy atom. The SMILES string of the molecule is CC(C)(OC(=O)CCl)c1ncc(Br)cn1. The Labute approximate surface area is 101 Å². The summed E-state index contributed by atoms with van der Waals surface area (Å²) in [6.45, 7) is 3.42. The fraction of sp³-hybridized carbons (Fsp3) is 0.444. The number of hydrogen-bond acceptors (Lipinski definition) is 4. The zero-order valence-corrected chi connectivity index (χ0v) is 10.7. The number of carbonyl (C=O) groups excluding carboxylic acids is 1. The molecule has 0 saturated heterocycles. The Morgan fingerprint density at radius 1 is 1.53 bits per heavy atom. The minimum Gasteiger partial charge on any atom is -0.451 e. The van der Waals surface area contributed by atoms with Gasteiger partial charge in [-0.1, -0.05) is 0 Å². The van der Waals surface area contributed by atoms with Crippen LogP contribution >= 0.6 is 27.5 Å².